The second-order valence-electron chi connectivity index (χ2n) is 3.94. The quantitative estimate of drug-likeness (QED) is 0.492. The zero-order chi connectivity index (χ0) is 13.3. The van der Waals surface area contributed by atoms with Crippen LogP contribution in [-0.4, -0.2) is 0 Å². The molecule has 94 valence electrons. The number of hydrogen-bond donors (Lipinski definition) is 2. The van der Waals surface area contributed by atoms with Gasteiger partial charge in [-0.05, 0) is 81.3 Å². The molecule has 0 aliphatic carbocycles. The van der Waals surface area contributed by atoms with Gasteiger partial charge < -0.3 is 11.1 Å². The fraction of sp³-hybridized carbons (Fsp3) is 0.0769. The lowest BCUT2D eigenvalue weighted by atomic mass is 10.2. The molecular weight excluding hydrogens is 426 g/mol. The summed E-state index contributed by atoms with van der Waals surface area (Å²) in [5.74, 6) is 0. The molecule has 0 heterocycles. The summed E-state index contributed by atoms with van der Waals surface area (Å²) < 4.78 is 2.07. The highest BCUT2D eigenvalue weighted by Crippen LogP contribution is 2.33. The number of rotatable bonds is 2. The number of aryl methyl sites for hydroxylation is 1. The van der Waals surface area contributed by atoms with Crippen molar-refractivity contribution in [3.05, 3.63) is 49.0 Å². The molecule has 3 N–H and O–H groups in total. The SMILES string of the molecule is Cc1cc(Br)c(Nc2ccc(I)cc2N)cc1Cl. The molecule has 0 aromatic heterocycles. The predicted molar refractivity (Wildman–Crippen MR) is 90.7 cm³/mol. The second kappa shape index (κ2) is 5.67. The second-order valence-corrected chi connectivity index (χ2v) is 6.44. The Bertz CT molecular complexity index is 602. The molecule has 2 rings (SSSR count). The summed E-state index contributed by atoms with van der Waals surface area (Å²) in [4.78, 5) is 0. The fourth-order valence-electron chi connectivity index (χ4n) is 1.53. The first kappa shape index (κ1) is 14.0. The molecule has 0 saturated carbocycles. The van der Waals surface area contributed by atoms with Crippen molar-refractivity contribution >= 4 is 67.2 Å². The lowest BCUT2D eigenvalue weighted by Gasteiger charge is -2.12. The maximum absolute atomic E-state index is 6.12. The minimum absolute atomic E-state index is 0.713. The van der Waals surface area contributed by atoms with E-state index in [2.05, 4.69) is 43.8 Å². The normalized spacial score (nSPS) is 10.4. The molecule has 0 unspecified atom stereocenters. The van der Waals surface area contributed by atoms with E-state index in [1.165, 1.54) is 0 Å². The van der Waals surface area contributed by atoms with Gasteiger partial charge in [0.15, 0.2) is 0 Å². The molecule has 0 fully saturated rings. The Morgan fingerprint density at radius 1 is 1.22 bits per heavy atom. The van der Waals surface area contributed by atoms with E-state index in [9.17, 15) is 0 Å². The molecule has 2 nitrogen and oxygen atoms in total. The van der Waals surface area contributed by atoms with Gasteiger partial charge in [-0.1, -0.05) is 11.6 Å². The van der Waals surface area contributed by atoms with E-state index in [0.717, 1.165) is 30.0 Å². The van der Waals surface area contributed by atoms with E-state index in [0.29, 0.717) is 5.69 Å². The van der Waals surface area contributed by atoms with Crippen LogP contribution in [0.3, 0.4) is 0 Å². The van der Waals surface area contributed by atoms with Crippen LogP contribution in [0.4, 0.5) is 17.1 Å². The molecule has 0 saturated heterocycles. The first-order valence-corrected chi connectivity index (χ1v) is 7.50. The predicted octanol–water partition coefficient (Wildman–Crippen LogP) is 5.34. The standard InChI is InChI=1S/C13H11BrClIN2/c1-7-4-9(14)13(6-10(7)15)18-12-3-2-8(16)5-11(12)17/h2-6,18H,17H2,1H3. The van der Waals surface area contributed by atoms with Gasteiger partial charge in [-0.3, -0.25) is 0 Å². The van der Waals surface area contributed by atoms with Gasteiger partial charge in [-0.15, -0.1) is 0 Å². The molecular formula is C13H11BrClIN2. The van der Waals surface area contributed by atoms with E-state index in [-0.39, 0.29) is 0 Å². The molecule has 0 amide bonds. The zero-order valence-electron chi connectivity index (χ0n) is 9.60. The van der Waals surface area contributed by atoms with Crippen molar-refractivity contribution in [2.45, 2.75) is 6.92 Å². The van der Waals surface area contributed by atoms with Crippen LogP contribution in [0.5, 0.6) is 0 Å². The maximum atomic E-state index is 6.12. The minimum Gasteiger partial charge on any atom is -0.397 e. The molecule has 2 aromatic rings. The third kappa shape index (κ3) is 3.10. The van der Waals surface area contributed by atoms with E-state index in [1.54, 1.807) is 0 Å². The first-order valence-electron chi connectivity index (χ1n) is 5.25. The molecule has 5 heteroatoms. The third-order valence-electron chi connectivity index (χ3n) is 2.53. The molecule has 18 heavy (non-hydrogen) atoms. The van der Waals surface area contributed by atoms with Crippen molar-refractivity contribution < 1.29 is 0 Å². The number of hydrogen-bond acceptors (Lipinski definition) is 2. The van der Waals surface area contributed by atoms with Gasteiger partial charge in [0.25, 0.3) is 0 Å². The van der Waals surface area contributed by atoms with Gasteiger partial charge in [0.1, 0.15) is 0 Å². The average Bonchev–Trinajstić information content (AvgIpc) is 2.29. The molecule has 0 radical (unpaired) electrons. The Morgan fingerprint density at radius 2 is 1.94 bits per heavy atom. The summed E-state index contributed by atoms with van der Waals surface area (Å²) in [6.45, 7) is 1.97. The highest BCUT2D eigenvalue weighted by atomic mass is 127. The summed E-state index contributed by atoms with van der Waals surface area (Å²) in [5, 5.41) is 4.00. The number of nitrogen functional groups attached to an aromatic ring is 1. The van der Waals surface area contributed by atoms with Crippen molar-refractivity contribution in [3.8, 4) is 0 Å². The molecule has 0 atom stereocenters. The van der Waals surface area contributed by atoms with Gasteiger partial charge in [0, 0.05) is 13.1 Å². The topological polar surface area (TPSA) is 38.0 Å². The van der Waals surface area contributed by atoms with Gasteiger partial charge in [0.05, 0.1) is 17.1 Å². The lowest BCUT2D eigenvalue weighted by molar-refractivity contribution is 1.43. The Labute approximate surface area is 133 Å². The number of nitrogens with two attached hydrogens (primary N) is 1. The third-order valence-corrected chi connectivity index (χ3v) is 4.27. The van der Waals surface area contributed by atoms with Crippen LogP contribution in [-0.2, 0) is 0 Å². The van der Waals surface area contributed by atoms with Crippen molar-refractivity contribution in [1.82, 2.24) is 0 Å². The Balaban J connectivity index is 2.37. The molecule has 0 aliphatic heterocycles. The van der Waals surface area contributed by atoms with E-state index in [4.69, 9.17) is 17.3 Å². The molecule has 0 spiro atoms. The van der Waals surface area contributed by atoms with Crippen molar-refractivity contribution in [2.24, 2.45) is 0 Å². The van der Waals surface area contributed by atoms with Crippen LogP contribution in [0, 0.1) is 10.5 Å². The highest BCUT2D eigenvalue weighted by molar-refractivity contribution is 14.1. The van der Waals surface area contributed by atoms with E-state index in [1.807, 2.05) is 37.3 Å². The number of anilines is 3. The number of nitrogens with one attached hydrogen (secondary N) is 1. The molecule has 2 aromatic carbocycles. The summed E-state index contributed by atoms with van der Waals surface area (Å²) in [6, 6.07) is 9.75. The van der Waals surface area contributed by atoms with E-state index < -0.39 is 0 Å². The van der Waals surface area contributed by atoms with Crippen molar-refractivity contribution in [3.63, 3.8) is 0 Å². The summed E-state index contributed by atoms with van der Waals surface area (Å²) in [7, 11) is 0. The van der Waals surface area contributed by atoms with Crippen LogP contribution >= 0.6 is 50.1 Å². The van der Waals surface area contributed by atoms with E-state index >= 15 is 0 Å². The summed E-state index contributed by atoms with van der Waals surface area (Å²) in [6.07, 6.45) is 0. The monoisotopic (exact) mass is 436 g/mol. The first-order chi connectivity index (χ1) is 8.47. The Morgan fingerprint density at radius 3 is 2.61 bits per heavy atom. The smallest absolute Gasteiger partial charge is 0.0618 e. The maximum Gasteiger partial charge on any atom is 0.0618 e. The highest BCUT2D eigenvalue weighted by Gasteiger charge is 2.06. The van der Waals surface area contributed by atoms with Gasteiger partial charge in [-0.25, -0.2) is 0 Å². The zero-order valence-corrected chi connectivity index (χ0v) is 14.1. The van der Waals surface area contributed by atoms with Gasteiger partial charge in [-0.2, -0.15) is 0 Å². The molecule has 0 aliphatic rings. The molecule has 0 bridgehead atoms. The van der Waals surface area contributed by atoms with Crippen LogP contribution in [0.1, 0.15) is 5.56 Å². The average molecular weight is 438 g/mol. The summed E-state index contributed by atoms with van der Waals surface area (Å²) in [5.41, 5.74) is 9.49. The van der Waals surface area contributed by atoms with Crippen molar-refractivity contribution in [1.29, 1.82) is 0 Å². The fourth-order valence-corrected chi connectivity index (χ4v) is 2.77. The minimum atomic E-state index is 0.713. The van der Waals surface area contributed by atoms with Crippen molar-refractivity contribution in [2.75, 3.05) is 11.1 Å². The van der Waals surface area contributed by atoms with Gasteiger partial charge >= 0.3 is 0 Å². The van der Waals surface area contributed by atoms with Gasteiger partial charge in [0.2, 0.25) is 0 Å². The van der Waals surface area contributed by atoms with Crippen LogP contribution in [0.25, 0.3) is 0 Å². The lowest BCUT2D eigenvalue weighted by Crippen LogP contribution is -1.97. The number of halogens is 3. The Kier molecular flexibility index (Phi) is 4.40. The van der Waals surface area contributed by atoms with Crippen LogP contribution in [0.2, 0.25) is 5.02 Å². The van der Waals surface area contributed by atoms with Crippen LogP contribution in [0.15, 0.2) is 34.8 Å². The summed E-state index contributed by atoms with van der Waals surface area (Å²) >= 11 is 11.9. The Hall–Kier alpha value is -0.460. The van der Waals surface area contributed by atoms with Crippen LogP contribution < -0.4 is 11.1 Å². The largest absolute Gasteiger partial charge is 0.397 e. The number of benzene rings is 2.